The Kier molecular flexibility index (Phi) is 2.24. The summed E-state index contributed by atoms with van der Waals surface area (Å²) in [7, 11) is 0. The standard InChI is InChI=1S/C7H13N3O/c1-4(2)7-9-6(5(3)8)10-11-7/h4-5H,8H2,1-3H3. The van der Waals surface area contributed by atoms with Crippen LogP contribution in [0, 0.1) is 0 Å². The molecule has 0 aliphatic rings. The van der Waals surface area contributed by atoms with Crippen LogP contribution in [0.4, 0.5) is 0 Å². The number of nitrogens with two attached hydrogens (primary N) is 1. The highest BCUT2D eigenvalue weighted by molar-refractivity contribution is 4.93. The molecule has 0 amide bonds. The molecule has 1 aromatic rings. The number of nitrogens with zero attached hydrogens (tertiary/aromatic N) is 2. The second-order valence-corrected chi connectivity index (χ2v) is 2.93. The largest absolute Gasteiger partial charge is 0.339 e. The molecule has 1 heterocycles. The van der Waals surface area contributed by atoms with Gasteiger partial charge in [-0.25, -0.2) is 0 Å². The van der Waals surface area contributed by atoms with Crippen molar-refractivity contribution in [3.8, 4) is 0 Å². The Morgan fingerprint density at radius 3 is 2.27 bits per heavy atom. The van der Waals surface area contributed by atoms with E-state index in [0.29, 0.717) is 11.7 Å². The molecule has 62 valence electrons. The minimum absolute atomic E-state index is 0.147. The third kappa shape index (κ3) is 1.77. The summed E-state index contributed by atoms with van der Waals surface area (Å²) in [5.74, 6) is 1.50. The first-order chi connectivity index (χ1) is 5.11. The molecule has 1 unspecified atom stereocenters. The fourth-order valence-electron chi connectivity index (χ4n) is 0.667. The normalized spacial score (nSPS) is 13.9. The predicted molar refractivity (Wildman–Crippen MR) is 41.0 cm³/mol. The molecular weight excluding hydrogens is 142 g/mol. The summed E-state index contributed by atoms with van der Waals surface area (Å²) in [5.41, 5.74) is 5.54. The maximum atomic E-state index is 5.54. The van der Waals surface area contributed by atoms with Gasteiger partial charge in [-0.15, -0.1) is 0 Å². The molecule has 0 saturated heterocycles. The van der Waals surface area contributed by atoms with Crippen molar-refractivity contribution in [2.24, 2.45) is 5.73 Å². The monoisotopic (exact) mass is 155 g/mol. The van der Waals surface area contributed by atoms with Gasteiger partial charge in [0.2, 0.25) is 5.89 Å². The molecule has 1 atom stereocenters. The maximum Gasteiger partial charge on any atom is 0.229 e. The van der Waals surface area contributed by atoms with Crippen LogP contribution in [0.25, 0.3) is 0 Å². The van der Waals surface area contributed by atoms with Crippen LogP contribution in [0.5, 0.6) is 0 Å². The van der Waals surface area contributed by atoms with Gasteiger partial charge in [0.05, 0.1) is 6.04 Å². The highest BCUT2D eigenvalue weighted by Crippen LogP contribution is 2.13. The Bertz CT molecular complexity index is 207. The van der Waals surface area contributed by atoms with Crippen LogP contribution in [0.3, 0.4) is 0 Å². The van der Waals surface area contributed by atoms with E-state index in [0.717, 1.165) is 0 Å². The Labute approximate surface area is 65.8 Å². The number of rotatable bonds is 2. The van der Waals surface area contributed by atoms with Crippen LogP contribution >= 0.6 is 0 Å². The smallest absolute Gasteiger partial charge is 0.229 e. The van der Waals surface area contributed by atoms with Crippen molar-refractivity contribution in [1.82, 2.24) is 10.1 Å². The van der Waals surface area contributed by atoms with Gasteiger partial charge in [0.1, 0.15) is 0 Å². The van der Waals surface area contributed by atoms with Gasteiger partial charge in [-0.05, 0) is 6.92 Å². The third-order valence-electron chi connectivity index (χ3n) is 1.36. The summed E-state index contributed by atoms with van der Waals surface area (Å²) in [5, 5.41) is 3.73. The summed E-state index contributed by atoms with van der Waals surface area (Å²) in [6.45, 7) is 5.83. The average molecular weight is 155 g/mol. The molecule has 4 heteroatoms. The van der Waals surface area contributed by atoms with Gasteiger partial charge in [-0.1, -0.05) is 19.0 Å². The Morgan fingerprint density at radius 2 is 2.00 bits per heavy atom. The number of aromatic nitrogens is 2. The molecule has 1 rings (SSSR count). The lowest BCUT2D eigenvalue weighted by atomic mass is 10.2. The van der Waals surface area contributed by atoms with E-state index >= 15 is 0 Å². The highest BCUT2D eigenvalue weighted by atomic mass is 16.5. The fraction of sp³-hybridized carbons (Fsp3) is 0.714. The van der Waals surface area contributed by atoms with Crippen LogP contribution in [0.2, 0.25) is 0 Å². The van der Waals surface area contributed by atoms with Crippen LogP contribution in [0.15, 0.2) is 4.52 Å². The minimum atomic E-state index is -0.147. The van der Waals surface area contributed by atoms with Crippen molar-refractivity contribution in [3.63, 3.8) is 0 Å². The molecule has 4 nitrogen and oxygen atoms in total. The number of hydrogen-bond acceptors (Lipinski definition) is 4. The minimum Gasteiger partial charge on any atom is -0.339 e. The van der Waals surface area contributed by atoms with E-state index in [2.05, 4.69) is 10.1 Å². The van der Waals surface area contributed by atoms with E-state index in [4.69, 9.17) is 10.3 Å². The van der Waals surface area contributed by atoms with Crippen LogP contribution in [-0.2, 0) is 0 Å². The van der Waals surface area contributed by atoms with Gasteiger partial charge in [-0.2, -0.15) is 4.98 Å². The van der Waals surface area contributed by atoms with Gasteiger partial charge in [0.15, 0.2) is 5.82 Å². The summed E-state index contributed by atoms with van der Waals surface area (Å²) in [4.78, 5) is 4.11. The predicted octanol–water partition coefficient (Wildman–Crippen LogP) is 1.21. The molecule has 1 aromatic heterocycles. The lowest BCUT2D eigenvalue weighted by Gasteiger charge is -1.94. The number of hydrogen-bond donors (Lipinski definition) is 1. The zero-order chi connectivity index (χ0) is 8.43. The van der Waals surface area contributed by atoms with Crippen molar-refractivity contribution >= 4 is 0 Å². The fourth-order valence-corrected chi connectivity index (χ4v) is 0.667. The van der Waals surface area contributed by atoms with Crippen LogP contribution in [-0.4, -0.2) is 10.1 Å². The SMILES string of the molecule is CC(C)c1nc(C(C)N)no1. The lowest BCUT2D eigenvalue weighted by Crippen LogP contribution is -2.06. The molecular formula is C7H13N3O. The van der Waals surface area contributed by atoms with E-state index in [-0.39, 0.29) is 12.0 Å². The first-order valence-corrected chi connectivity index (χ1v) is 3.70. The van der Waals surface area contributed by atoms with Crippen molar-refractivity contribution in [1.29, 1.82) is 0 Å². The van der Waals surface area contributed by atoms with Crippen molar-refractivity contribution < 1.29 is 4.52 Å². The van der Waals surface area contributed by atoms with E-state index < -0.39 is 0 Å². The first-order valence-electron chi connectivity index (χ1n) is 3.70. The van der Waals surface area contributed by atoms with Crippen molar-refractivity contribution in [2.75, 3.05) is 0 Å². The molecule has 2 N–H and O–H groups in total. The molecule has 0 bridgehead atoms. The summed E-state index contributed by atoms with van der Waals surface area (Å²) in [6, 6.07) is -0.147. The zero-order valence-corrected chi connectivity index (χ0v) is 7.03. The highest BCUT2D eigenvalue weighted by Gasteiger charge is 2.11. The van der Waals surface area contributed by atoms with Crippen LogP contribution < -0.4 is 5.73 Å². The van der Waals surface area contributed by atoms with Crippen molar-refractivity contribution in [3.05, 3.63) is 11.7 Å². The van der Waals surface area contributed by atoms with Crippen molar-refractivity contribution in [2.45, 2.75) is 32.7 Å². The second-order valence-electron chi connectivity index (χ2n) is 2.93. The first kappa shape index (κ1) is 8.20. The molecule has 0 spiro atoms. The van der Waals surface area contributed by atoms with Gasteiger partial charge in [0, 0.05) is 5.92 Å². The van der Waals surface area contributed by atoms with E-state index in [1.165, 1.54) is 0 Å². The lowest BCUT2D eigenvalue weighted by molar-refractivity contribution is 0.359. The Morgan fingerprint density at radius 1 is 1.36 bits per heavy atom. The van der Waals surface area contributed by atoms with Gasteiger partial charge in [-0.3, -0.25) is 0 Å². The van der Waals surface area contributed by atoms with Crippen LogP contribution in [0.1, 0.15) is 44.4 Å². The molecule has 0 aliphatic carbocycles. The summed E-state index contributed by atoms with van der Waals surface area (Å²) >= 11 is 0. The third-order valence-corrected chi connectivity index (χ3v) is 1.36. The Balaban J connectivity index is 2.82. The summed E-state index contributed by atoms with van der Waals surface area (Å²) < 4.78 is 4.95. The quantitative estimate of drug-likeness (QED) is 0.697. The second kappa shape index (κ2) is 3.00. The topological polar surface area (TPSA) is 64.9 Å². The molecule has 11 heavy (non-hydrogen) atoms. The molecule has 0 fully saturated rings. The summed E-state index contributed by atoms with van der Waals surface area (Å²) in [6.07, 6.45) is 0. The van der Waals surface area contributed by atoms with E-state index in [1.807, 2.05) is 20.8 Å². The van der Waals surface area contributed by atoms with Gasteiger partial charge >= 0.3 is 0 Å². The van der Waals surface area contributed by atoms with Gasteiger partial charge < -0.3 is 10.3 Å². The zero-order valence-electron chi connectivity index (χ0n) is 7.03. The Hall–Kier alpha value is -0.900. The molecule has 0 aliphatic heterocycles. The average Bonchev–Trinajstić information content (AvgIpc) is 2.33. The van der Waals surface area contributed by atoms with E-state index in [1.54, 1.807) is 0 Å². The molecule has 0 aromatic carbocycles. The molecule has 0 radical (unpaired) electrons. The van der Waals surface area contributed by atoms with E-state index in [9.17, 15) is 0 Å². The maximum absolute atomic E-state index is 5.54. The van der Waals surface area contributed by atoms with Gasteiger partial charge in [0.25, 0.3) is 0 Å². The molecule has 0 saturated carbocycles.